The Morgan fingerprint density at radius 3 is 2.61 bits per heavy atom. The Morgan fingerprint density at radius 1 is 1.04 bits per heavy atom. The van der Waals surface area contributed by atoms with Crippen molar-refractivity contribution in [1.29, 1.82) is 0 Å². The number of para-hydroxylation sites is 1. The van der Waals surface area contributed by atoms with E-state index < -0.39 is 12.0 Å². The second-order valence-electron chi connectivity index (χ2n) is 5.44. The maximum Gasteiger partial charge on any atom is 0.323 e. The van der Waals surface area contributed by atoms with E-state index in [0.29, 0.717) is 6.42 Å². The van der Waals surface area contributed by atoms with Gasteiger partial charge < -0.3 is 10.5 Å². The molecule has 0 aliphatic carbocycles. The number of rotatable bonds is 5. The first-order valence-corrected chi connectivity index (χ1v) is 7.52. The molecule has 0 fully saturated rings. The van der Waals surface area contributed by atoms with Crippen LogP contribution in [0.1, 0.15) is 11.1 Å². The number of benzene rings is 2. The summed E-state index contributed by atoms with van der Waals surface area (Å²) in [4.78, 5) is 16.4. The van der Waals surface area contributed by atoms with Crippen LogP contribution in [0.25, 0.3) is 10.9 Å². The Labute approximate surface area is 134 Å². The molecule has 0 radical (unpaired) electrons. The predicted octanol–water partition coefficient (Wildman–Crippen LogP) is 2.85. The molecule has 1 heterocycles. The second-order valence-corrected chi connectivity index (χ2v) is 5.44. The molecule has 3 aromatic rings. The molecule has 2 aromatic carbocycles. The summed E-state index contributed by atoms with van der Waals surface area (Å²) in [6, 6.07) is 18.7. The first-order valence-electron chi connectivity index (χ1n) is 7.52. The van der Waals surface area contributed by atoms with Crippen molar-refractivity contribution >= 4 is 16.9 Å². The van der Waals surface area contributed by atoms with Gasteiger partial charge in [0, 0.05) is 11.6 Å². The summed E-state index contributed by atoms with van der Waals surface area (Å²) in [6.07, 6.45) is 2.16. The van der Waals surface area contributed by atoms with E-state index in [1.165, 1.54) is 0 Å². The Balaban J connectivity index is 1.60. The van der Waals surface area contributed by atoms with E-state index in [1.807, 2.05) is 60.7 Å². The van der Waals surface area contributed by atoms with E-state index in [9.17, 15) is 4.79 Å². The molecule has 0 unspecified atom stereocenters. The lowest BCUT2D eigenvalue weighted by molar-refractivity contribution is -0.146. The van der Waals surface area contributed by atoms with Crippen LogP contribution in [0, 0.1) is 0 Å². The van der Waals surface area contributed by atoms with E-state index >= 15 is 0 Å². The maximum absolute atomic E-state index is 12.0. The highest BCUT2D eigenvalue weighted by Crippen LogP contribution is 2.14. The Hall–Kier alpha value is -2.72. The molecule has 3 rings (SSSR count). The van der Waals surface area contributed by atoms with Gasteiger partial charge in [0.15, 0.2) is 0 Å². The van der Waals surface area contributed by atoms with Gasteiger partial charge in [0.1, 0.15) is 12.6 Å². The third kappa shape index (κ3) is 3.93. The van der Waals surface area contributed by atoms with Gasteiger partial charge in [-0.2, -0.15) is 0 Å². The number of carbonyl (C=O) groups is 1. The van der Waals surface area contributed by atoms with Crippen molar-refractivity contribution in [3.8, 4) is 0 Å². The Bertz CT molecular complexity index is 803. The maximum atomic E-state index is 12.0. The normalized spacial score (nSPS) is 12.0. The van der Waals surface area contributed by atoms with Crippen molar-refractivity contribution in [1.82, 2.24) is 4.98 Å². The van der Waals surface area contributed by atoms with Gasteiger partial charge in [0.25, 0.3) is 0 Å². The van der Waals surface area contributed by atoms with Gasteiger partial charge >= 0.3 is 5.97 Å². The van der Waals surface area contributed by atoms with Crippen LogP contribution < -0.4 is 5.73 Å². The van der Waals surface area contributed by atoms with Crippen LogP contribution in [-0.4, -0.2) is 17.0 Å². The minimum atomic E-state index is -0.693. The lowest BCUT2D eigenvalue weighted by atomic mass is 10.1. The van der Waals surface area contributed by atoms with Crippen molar-refractivity contribution in [2.45, 2.75) is 19.1 Å². The molecule has 116 valence electrons. The molecule has 4 nitrogen and oxygen atoms in total. The average molecular weight is 306 g/mol. The Kier molecular flexibility index (Phi) is 4.64. The third-order valence-corrected chi connectivity index (χ3v) is 3.63. The van der Waals surface area contributed by atoms with E-state index in [4.69, 9.17) is 10.5 Å². The first kappa shape index (κ1) is 15.2. The summed E-state index contributed by atoms with van der Waals surface area (Å²) in [5.74, 6) is -0.401. The molecule has 0 saturated carbocycles. The van der Waals surface area contributed by atoms with Crippen LogP contribution in [0.4, 0.5) is 0 Å². The number of carbonyl (C=O) groups excluding carboxylic acids is 1. The fraction of sp³-hybridized carbons (Fsp3) is 0.158. The molecule has 0 spiro atoms. The van der Waals surface area contributed by atoms with Gasteiger partial charge in [-0.1, -0.05) is 48.5 Å². The van der Waals surface area contributed by atoms with Crippen LogP contribution >= 0.6 is 0 Å². The molecule has 1 aromatic heterocycles. The molecule has 2 N–H and O–H groups in total. The van der Waals surface area contributed by atoms with E-state index in [1.54, 1.807) is 6.20 Å². The quantitative estimate of drug-likeness (QED) is 0.736. The summed E-state index contributed by atoms with van der Waals surface area (Å²) < 4.78 is 5.27. The molecule has 1 atom stereocenters. The van der Waals surface area contributed by atoms with E-state index in [2.05, 4.69) is 4.98 Å². The van der Waals surface area contributed by atoms with Gasteiger partial charge in [-0.15, -0.1) is 0 Å². The largest absolute Gasteiger partial charge is 0.460 e. The number of hydrogen-bond acceptors (Lipinski definition) is 4. The number of fused-ring (bicyclic) bond motifs is 1. The summed E-state index contributed by atoms with van der Waals surface area (Å²) in [5, 5.41) is 1.04. The summed E-state index contributed by atoms with van der Waals surface area (Å²) in [7, 11) is 0. The number of esters is 1. The standard InChI is InChI=1S/C19H18N2O2/c20-17(19(22)23-13-14-6-2-1-3-7-14)11-15-10-16-8-4-5-9-18(16)21-12-15/h1-10,12,17H,11,13,20H2/t17-/m0/s1. The molecular weight excluding hydrogens is 288 g/mol. The predicted molar refractivity (Wildman–Crippen MR) is 89.7 cm³/mol. The van der Waals surface area contributed by atoms with Crippen molar-refractivity contribution < 1.29 is 9.53 Å². The number of nitrogens with zero attached hydrogens (tertiary/aromatic N) is 1. The number of nitrogens with two attached hydrogens (primary N) is 1. The summed E-state index contributed by atoms with van der Waals surface area (Å²) in [6.45, 7) is 0.239. The molecule has 0 aliphatic rings. The zero-order valence-corrected chi connectivity index (χ0v) is 12.7. The van der Waals surface area contributed by atoms with Crippen LogP contribution in [0.15, 0.2) is 66.9 Å². The van der Waals surface area contributed by atoms with E-state index in [0.717, 1.165) is 22.0 Å². The molecular formula is C19H18N2O2. The molecule has 0 saturated heterocycles. The zero-order chi connectivity index (χ0) is 16.1. The Morgan fingerprint density at radius 2 is 1.78 bits per heavy atom. The van der Waals surface area contributed by atoms with E-state index in [-0.39, 0.29) is 6.61 Å². The summed E-state index contributed by atoms with van der Waals surface area (Å²) >= 11 is 0. The van der Waals surface area contributed by atoms with Crippen LogP contribution in [-0.2, 0) is 22.6 Å². The van der Waals surface area contributed by atoms with Gasteiger partial charge in [0.2, 0.25) is 0 Å². The second kappa shape index (κ2) is 7.03. The fourth-order valence-electron chi connectivity index (χ4n) is 2.40. The topological polar surface area (TPSA) is 65.2 Å². The van der Waals surface area contributed by atoms with Crippen molar-refractivity contribution in [2.24, 2.45) is 5.73 Å². The lowest BCUT2D eigenvalue weighted by Gasteiger charge is -2.12. The lowest BCUT2D eigenvalue weighted by Crippen LogP contribution is -2.34. The monoisotopic (exact) mass is 306 g/mol. The van der Waals surface area contributed by atoms with Crippen LogP contribution in [0.2, 0.25) is 0 Å². The third-order valence-electron chi connectivity index (χ3n) is 3.63. The number of ether oxygens (including phenoxy) is 1. The highest BCUT2D eigenvalue weighted by molar-refractivity contribution is 5.79. The smallest absolute Gasteiger partial charge is 0.323 e. The summed E-state index contributed by atoms with van der Waals surface area (Å²) in [5.41, 5.74) is 8.75. The molecule has 0 amide bonds. The highest BCUT2D eigenvalue weighted by atomic mass is 16.5. The molecule has 0 aliphatic heterocycles. The SMILES string of the molecule is N[C@@H](Cc1cnc2ccccc2c1)C(=O)OCc1ccccc1. The average Bonchev–Trinajstić information content (AvgIpc) is 2.60. The highest BCUT2D eigenvalue weighted by Gasteiger charge is 2.16. The van der Waals surface area contributed by atoms with Gasteiger partial charge in [0.05, 0.1) is 5.52 Å². The van der Waals surface area contributed by atoms with Gasteiger partial charge in [-0.05, 0) is 29.7 Å². The molecule has 0 bridgehead atoms. The van der Waals surface area contributed by atoms with Crippen molar-refractivity contribution in [2.75, 3.05) is 0 Å². The minimum absolute atomic E-state index is 0.239. The van der Waals surface area contributed by atoms with Gasteiger partial charge in [-0.3, -0.25) is 9.78 Å². The van der Waals surface area contributed by atoms with Gasteiger partial charge in [-0.25, -0.2) is 0 Å². The number of hydrogen-bond donors (Lipinski definition) is 1. The molecule has 4 heteroatoms. The fourth-order valence-corrected chi connectivity index (χ4v) is 2.40. The first-order chi connectivity index (χ1) is 11.2. The van der Waals surface area contributed by atoms with Crippen molar-refractivity contribution in [3.63, 3.8) is 0 Å². The molecule has 23 heavy (non-hydrogen) atoms. The van der Waals surface area contributed by atoms with Crippen molar-refractivity contribution in [3.05, 3.63) is 78.0 Å². The number of aromatic nitrogens is 1. The number of pyridine rings is 1. The minimum Gasteiger partial charge on any atom is -0.460 e. The van der Waals surface area contributed by atoms with Crippen LogP contribution in [0.3, 0.4) is 0 Å². The zero-order valence-electron chi connectivity index (χ0n) is 12.7. The van der Waals surface area contributed by atoms with Crippen LogP contribution in [0.5, 0.6) is 0 Å².